The van der Waals surface area contributed by atoms with Gasteiger partial charge in [-0.3, -0.25) is 9.89 Å². The van der Waals surface area contributed by atoms with Crippen molar-refractivity contribution >= 4 is 16.9 Å². The second-order valence-electron chi connectivity index (χ2n) is 4.76. The maximum absolute atomic E-state index is 11.7. The van der Waals surface area contributed by atoms with Gasteiger partial charge >= 0.3 is 5.97 Å². The van der Waals surface area contributed by atoms with Gasteiger partial charge in [-0.15, -0.1) is 0 Å². The predicted molar refractivity (Wildman–Crippen MR) is 61.2 cm³/mol. The number of rotatable bonds is 1. The second-order valence-corrected chi connectivity index (χ2v) is 4.76. The summed E-state index contributed by atoms with van der Waals surface area (Å²) in [7, 11) is 0. The number of carbonyl (C=O) groups excluding carboxylic acids is 1. The van der Waals surface area contributed by atoms with Crippen LogP contribution in [-0.4, -0.2) is 16.2 Å². The number of fused-ring (bicyclic) bond motifs is 1. The molecule has 0 aliphatic heterocycles. The van der Waals surface area contributed by atoms with Gasteiger partial charge in [0.25, 0.3) is 0 Å². The summed E-state index contributed by atoms with van der Waals surface area (Å²) in [4.78, 5) is 11.7. The average Bonchev–Trinajstić information content (AvgIpc) is 2.63. The fourth-order valence-electron chi connectivity index (χ4n) is 1.24. The summed E-state index contributed by atoms with van der Waals surface area (Å²) < 4.78 is 5.27. The van der Waals surface area contributed by atoms with Gasteiger partial charge in [-0.1, -0.05) is 0 Å². The first-order chi connectivity index (χ1) is 7.47. The van der Waals surface area contributed by atoms with Gasteiger partial charge < -0.3 is 4.74 Å². The fraction of sp³-hybridized carbons (Fsp3) is 0.333. The third-order valence-electron chi connectivity index (χ3n) is 2.24. The van der Waals surface area contributed by atoms with Crippen molar-refractivity contribution in [3.63, 3.8) is 0 Å². The van der Waals surface area contributed by atoms with E-state index < -0.39 is 5.41 Å². The van der Waals surface area contributed by atoms with Crippen molar-refractivity contribution < 1.29 is 9.53 Å². The van der Waals surface area contributed by atoms with E-state index in [0.29, 0.717) is 5.75 Å². The highest BCUT2D eigenvalue weighted by Crippen LogP contribution is 2.22. The zero-order valence-corrected chi connectivity index (χ0v) is 9.57. The Kier molecular flexibility index (Phi) is 2.42. The van der Waals surface area contributed by atoms with E-state index in [2.05, 4.69) is 10.2 Å². The highest BCUT2D eigenvalue weighted by Gasteiger charge is 2.23. The lowest BCUT2D eigenvalue weighted by Gasteiger charge is -2.16. The molecule has 0 atom stereocenters. The summed E-state index contributed by atoms with van der Waals surface area (Å²) >= 11 is 0. The third kappa shape index (κ3) is 2.05. The maximum atomic E-state index is 11.7. The predicted octanol–water partition coefficient (Wildman–Crippen LogP) is 2.51. The SMILES string of the molecule is CC(C)(C)C(=O)Oc1ccc2cn[nH]c2c1. The summed E-state index contributed by atoms with van der Waals surface area (Å²) in [6.07, 6.45) is 1.73. The van der Waals surface area contributed by atoms with Crippen molar-refractivity contribution in [3.8, 4) is 5.75 Å². The average molecular weight is 218 g/mol. The number of aromatic amines is 1. The normalized spacial score (nSPS) is 11.7. The van der Waals surface area contributed by atoms with Crippen LogP contribution in [-0.2, 0) is 4.79 Å². The van der Waals surface area contributed by atoms with E-state index in [1.54, 1.807) is 18.3 Å². The van der Waals surface area contributed by atoms with Crippen LogP contribution < -0.4 is 4.74 Å². The van der Waals surface area contributed by atoms with E-state index >= 15 is 0 Å². The molecule has 1 N–H and O–H groups in total. The van der Waals surface area contributed by atoms with Crippen LogP contribution in [0.15, 0.2) is 24.4 Å². The minimum atomic E-state index is -0.497. The van der Waals surface area contributed by atoms with E-state index in [-0.39, 0.29) is 5.97 Å². The Morgan fingerprint density at radius 1 is 1.38 bits per heavy atom. The van der Waals surface area contributed by atoms with Crippen molar-refractivity contribution in [1.82, 2.24) is 10.2 Å². The van der Waals surface area contributed by atoms with Gasteiger partial charge in [0.15, 0.2) is 0 Å². The zero-order chi connectivity index (χ0) is 11.8. The maximum Gasteiger partial charge on any atom is 0.316 e. The van der Waals surface area contributed by atoms with E-state index in [0.717, 1.165) is 10.9 Å². The quantitative estimate of drug-likeness (QED) is 0.591. The summed E-state index contributed by atoms with van der Waals surface area (Å²) in [6.45, 7) is 5.47. The van der Waals surface area contributed by atoms with Crippen LogP contribution >= 0.6 is 0 Å². The van der Waals surface area contributed by atoms with Crippen LogP contribution in [0.4, 0.5) is 0 Å². The Morgan fingerprint density at radius 3 is 2.81 bits per heavy atom. The van der Waals surface area contributed by atoms with Crippen LogP contribution in [0, 0.1) is 5.41 Å². The zero-order valence-electron chi connectivity index (χ0n) is 9.57. The van der Waals surface area contributed by atoms with Gasteiger partial charge in [0.2, 0.25) is 0 Å². The molecule has 4 nitrogen and oxygen atoms in total. The summed E-state index contributed by atoms with van der Waals surface area (Å²) in [5, 5.41) is 7.73. The number of carbonyl (C=O) groups is 1. The van der Waals surface area contributed by atoms with Gasteiger partial charge in [0.05, 0.1) is 17.1 Å². The van der Waals surface area contributed by atoms with Crippen LogP contribution in [0.25, 0.3) is 10.9 Å². The molecule has 4 heteroatoms. The van der Waals surface area contributed by atoms with Gasteiger partial charge in [0.1, 0.15) is 5.75 Å². The van der Waals surface area contributed by atoms with E-state index in [9.17, 15) is 4.79 Å². The Morgan fingerprint density at radius 2 is 2.12 bits per heavy atom. The molecule has 0 spiro atoms. The molecule has 84 valence electrons. The largest absolute Gasteiger partial charge is 0.426 e. The smallest absolute Gasteiger partial charge is 0.316 e. The van der Waals surface area contributed by atoms with E-state index in [4.69, 9.17) is 4.74 Å². The van der Waals surface area contributed by atoms with Crippen molar-refractivity contribution in [2.75, 3.05) is 0 Å². The third-order valence-corrected chi connectivity index (χ3v) is 2.24. The van der Waals surface area contributed by atoms with Crippen molar-refractivity contribution in [3.05, 3.63) is 24.4 Å². The number of H-pyrrole nitrogens is 1. The van der Waals surface area contributed by atoms with E-state index in [1.807, 2.05) is 26.8 Å². The van der Waals surface area contributed by atoms with Crippen LogP contribution in [0.5, 0.6) is 5.75 Å². The molecule has 1 aromatic heterocycles. The molecule has 0 aliphatic rings. The first-order valence-corrected chi connectivity index (χ1v) is 5.12. The minimum Gasteiger partial charge on any atom is -0.426 e. The Hall–Kier alpha value is -1.84. The number of ether oxygens (including phenoxy) is 1. The highest BCUT2D eigenvalue weighted by molar-refractivity contribution is 5.82. The standard InChI is InChI=1S/C12H14N2O2/c1-12(2,3)11(15)16-9-5-4-8-7-13-14-10(8)6-9/h4-7H,1-3H3,(H,13,14). The molecule has 0 saturated carbocycles. The molecule has 0 unspecified atom stereocenters. The summed E-state index contributed by atoms with van der Waals surface area (Å²) in [5.74, 6) is 0.294. The first kappa shape index (κ1) is 10.7. The van der Waals surface area contributed by atoms with Crippen molar-refractivity contribution in [2.24, 2.45) is 5.41 Å². The molecule has 0 aliphatic carbocycles. The minimum absolute atomic E-state index is 0.244. The fourth-order valence-corrected chi connectivity index (χ4v) is 1.24. The topological polar surface area (TPSA) is 55.0 Å². The number of benzene rings is 1. The lowest BCUT2D eigenvalue weighted by molar-refractivity contribution is -0.142. The van der Waals surface area contributed by atoms with Gasteiger partial charge in [-0.25, -0.2) is 0 Å². The molecule has 16 heavy (non-hydrogen) atoms. The molecular formula is C12H14N2O2. The Bertz CT molecular complexity index is 523. The molecule has 1 aromatic carbocycles. The van der Waals surface area contributed by atoms with Crippen LogP contribution in [0.3, 0.4) is 0 Å². The molecular weight excluding hydrogens is 204 g/mol. The second kappa shape index (κ2) is 3.63. The molecule has 0 radical (unpaired) electrons. The van der Waals surface area contributed by atoms with Crippen molar-refractivity contribution in [1.29, 1.82) is 0 Å². The van der Waals surface area contributed by atoms with E-state index in [1.165, 1.54) is 0 Å². The number of aromatic nitrogens is 2. The van der Waals surface area contributed by atoms with Gasteiger partial charge in [0, 0.05) is 11.5 Å². The lowest BCUT2D eigenvalue weighted by atomic mass is 9.97. The number of hydrogen-bond donors (Lipinski definition) is 1. The number of esters is 1. The molecule has 1 heterocycles. The highest BCUT2D eigenvalue weighted by atomic mass is 16.5. The number of nitrogens with one attached hydrogen (secondary N) is 1. The van der Waals surface area contributed by atoms with Gasteiger partial charge in [-0.05, 0) is 32.9 Å². The lowest BCUT2D eigenvalue weighted by Crippen LogP contribution is -2.25. The Labute approximate surface area is 93.6 Å². The number of nitrogens with zero attached hydrogens (tertiary/aromatic N) is 1. The molecule has 2 rings (SSSR count). The summed E-state index contributed by atoms with van der Waals surface area (Å²) in [5.41, 5.74) is 0.363. The molecule has 0 fully saturated rings. The monoisotopic (exact) mass is 218 g/mol. The number of hydrogen-bond acceptors (Lipinski definition) is 3. The van der Waals surface area contributed by atoms with Gasteiger partial charge in [-0.2, -0.15) is 5.10 Å². The molecule has 2 aromatic rings. The van der Waals surface area contributed by atoms with Crippen molar-refractivity contribution in [2.45, 2.75) is 20.8 Å². The molecule has 0 saturated heterocycles. The van der Waals surface area contributed by atoms with Crippen LogP contribution in [0.1, 0.15) is 20.8 Å². The molecule has 0 amide bonds. The summed E-state index contributed by atoms with van der Waals surface area (Å²) in [6, 6.07) is 5.40. The molecule has 0 bridgehead atoms. The first-order valence-electron chi connectivity index (χ1n) is 5.12. The van der Waals surface area contributed by atoms with Crippen LogP contribution in [0.2, 0.25) is 0 Å². The Balaban J connectivity index is 2.24.